The van der Waals surface area contributed by atoms with Gasteiger partial charge in [-0.05, 0) is 6.07 Å². The van der Waals surface area contributed by atoms with Crippen molar-refractivity contribution in [3.63, 3.8) is 0 Å². The van der Waals surface area contributed by atoms with Crippen LogP contribution in [0.15, 0.2) is 22.6 Å². The third kappa shape index (κ3) is 2.33. The van der Waals surface area contributed by atoms with Crippen LogP contribution in [-0.4, -0.2) is 22.0 Å². The summed E-state index contributed by atoms with van der Waals surface area (Å²) in [6, 6.07) is 3.31. The number of phenolic OH excluding ortho intramolecular Hbond substituents is 1. The van der Waals surface area contributed by atoms with Crippen molar-refractivity contribution in [3.8, 4) is 5.75 Å². The lowest BCUT2D eigenvalue weighted by Gasteiger charge is -2.02. The molecule has 0 amide bonds. The number of rotatable bonds is 4. The van der Waals surface area contributed by atoms with Gasteiger partial charge in [0.15, 0.2) is 17.1 Å². The summed E-state index contributed by atoms with van der Waals surface area (Å²) in [5.74, 6) is -2.32. The van der Waals surface area contributed by atoms with E-state index < -0.39 is 17.9 Å². The van der Waals surface area contributed by atoms with Gasteiger partial charge in [-0.25, -0.2) is 0 Å². The maximum absolute atomic E-state index is 13.2. The first-order valence-corrected chi connectivity index (χ1v) is 7.29. The summed E-state index contributed by atoms with van der Waals surface area (Å²) >= 11 is 1.13. The summed E-state index contributed by atoms with van der Waals surface area (Å²) in [6.07, 6.45) is -0.114. The third-order valence-corrected chi connectivity index (χ3v) is 4.56. The molecule has 3 aromatic rings. The molecule has 22 heavy (non-hydrogen) atoms. The number of carbonyl (C=O) groups excluding carboxylic acids is 1. The van der Waals surface area contributed by atoms with Gasteiger partial charge in [0, 0.05) is 34.0 Å². The van der Waals surface area contributed by atoms with Crippen LogP contribution in [0.4, 0.5) is 4.39 Å². The Morgan fingerprint density at radius 1 is 1.32 bits per heavy atom. The molecule has 2 aromatic heterocycles. The van der Waals surface area contributed by atoms with E-state index in [1.807, 2.05) is 0 Å². The summed E-state index contributed by atoms with van der Waals surface area (Å²) in [4.78, 5) is 23.3. The Morgan fingerprint density at radius 3 is 2.73 bits per heavy atom. The number of aliphatic carboxylic acids is 1. The van der Waals surface area contributed by atoms with Gasteiger partial charge in [-0.1, -0.05) is 6.92 Å². The fourth-order valence-corrected chi connectivity index (χ4v) is 3.33. The number of benzene rings is 1. The molecule has 0 fully saturated rings. The first-order chi connectivity index (χ1) is 10.4. The molecule has 0 saturated heterocycles. The maximum atomic E-state index is 13.2. The van der Waals surface area contributed by atoms with E-state index >= 15 is 0 Å². The number of fused-ring (bicyclic) bond motifs is 3. The van der Waals surface area contributed by atoms with Crippen molar-refractivity contribution in [2.45, 2.75) is 13.3 Å². The van der Waals surface area contributed by atoms with Crippen LogP contribution in [-0.2, 0) is 4.79 Å². The van der Waals surface area contributed by atoms with Crippen molar-refractivity contribution in [2.75, 3.05) is 0 Å². The molecule has 7 heteroatoms. The predicted molar refractivity (Wildman–Crippen MR) is 79.0 cm³/mol. The number of hydrogen-bond acceptors (Lipinski definition) is 5. The normalized spacial score (nSPS) is 12.8. The van der Waals surface area contributed by atoms with E-state index in [9.17, 15) is 19.1 Å². The molecular formula is C15H11FO5S. The number of phenols is 1. The zero-order valence-electron chi connectivity index (χ0n) is 11.4. The van der Waals surface area contributed by atoms with E-state index in [2.05, 4.69) is 0 Å². The van der Waals surface area contributed by atoms with Crippen LogP contribution in [0.1, 0.15) is 23.0 Å². The summed E-state index contributed by atoms with van der Waals surface area (Å²) < 4.78 is 18.7. The monoisotopic (exact) mass is 322 g/mol. The first-order valence-electron chi connectivity index (χ1n) is 6.47. The van der Waals surface area contributed by atoms with Crippen LogP contribution in [0, 0.1) is 11.9 Å². The number of carboxylic acids is 1. The molecule has 0 bridgehead atoms. The zero-order chi connectivity index (χ0) is 16.0. The topological polar surface area (TPSA) is 87.7 Å². The van der Waals surface area contributed by atoms with Crippen LogP contribution < -0.4 is 0 Å². The number of furan rings is 1. The second-order valence-corrected chi connectivity index (χ2v) is 6.16. The molecule has 0 aliphatic rings. The number of hydrogen-bond donors (Lipinski definition) is 2. The van der Waals surface area contributed by atoms with E-state index in [0.29, 0.717) is 20.3 Å². The SMILES string of the molecule is C[C@@H](CC(=O)c1cc2c(cc(O)c3oc(F)cc32)s1)C(=O)O. The third-order valence-electron chi connectivity index (χ3n) is 3.44. The highest BCUT2D eigenvalue weighted by atomic mass is 32.1. The highest BCUT2D eigenvalue weighted by molar-refractivity contribution is 7.21. The summed E-state index contributed by atoms with van der Waals surface area (Å²) in [5, 5.41) is 19.7. The Morgan fingerprint density at radius 2 is 2.05 bits per heavy atom. The van der Waals surface area contributed by atoms with Gasteiger partial charge >= 0.3 is 5.97 Å². The molecule has 2 heterocycles. The number of thiophene rings is 1. The Labute approximate surface area is 127 Å². The van der Waals surface area contributed by atoms with Crippen LogP contribution >= 0.6 is 11.3 Å². The number of Topliss-reactive ketones (excluding diaryl/α,β-unsaturated/α-hetero) is 1. The second kappa shape index (κ2) is 5.10. The lowest BCUT2D eigenvalue weighted by Crippen LogP contribution is -2.13. The Hall–Kier alpha value is -2.41. The molecule has 2 N–H and O–H groups in total. The van der Waals surface area contributed by atoms with Gasteiger partial charge < -0.3 is 14.6 Å². The van der Waals surface area contributed by atoms with Crippen LogP contribution in [0.2, 0.25) is 0 Å². The Bertz CT molecular complexity index is 908. The number of ketones is 1. The van der Waals surface area contributed by atoms with E-state index in [0.717, 1.165) is 17.4 Å². The molecule has 5 nitrogen and oxygen atoms in total. The fourth-order valence-electron chi connectivity index (χ4n) is 2.27. The van der Waals surface area contributed by atoms with Crippen molar-refractivity contribution in [3.05, 3.63) is 29.1 Å². The fraction of sp³-hybridized carbons (Fsp3) is 0.200. The smallest absolute Gasteiger partial charge is 0.306 e. The van der Waals surface area contributed by atoms with Crippen LogP contribution in [0.25, 0.3) is 21.1 Å². The highest BCUT2D eigenvalue weighted by Crippen LogP contribution is 2.39. The molecule has 0 aliphatic carbocycles. The van der Waals surface area contributed by atoms with Crippen LogP contribution in [0.3, 0.4) is 0 Å². The molecule has 1 atom stereocenters. The van der Waals surface area contributed by atoms with Gasteiger partial charge in [0.2, 0.25) is 0 Å². The predicted octanol–water partition coefficient (Wildman–Crippen LogP) is 3.79. The Kier molecular flexibility index (Phi) is 3.37. The quantitative estimate of drug-likeness (QED) is 0.714. The first kappa shape index (κ1) is 14.5. The molecule has 114 valence electrons. The van der Waals surface area contributed by atoms with Gasteiger partial charge in [-0.15, -0.1) is 11.3 Å². The van der Waals surface area contributed by atoms with Gasteiger partial charge in [-0.2, -0.15) is 4.39 Å². The molecule has 3 rings (SSSR count). The summed E-state index contributed by atoms with van der Waals surface area (Å²) in [5.41, 5.74) is 0.0284. The van der Waals surface area contributed by atoms with Crippen molar-refractivity contribution in [2.24, 2.45) is 5.92 Å². The van der Waals surface area contributed by atoms with Crippen LogP contribution in [0.5, 0.6) is 5.75 Å². The summed E-state index contributed by atoms with van der Waals surface area (Å²) in [6.45, 7) is 1.46. The zero-order valence-corrected chi connectivity index (χ0v) is 12.2. The van der Waals surface area contributed by atoms with Crippen molar-refractivity contribution >= 4 is 44.1 Å². The van der Waals surface area contributed by atoms with Crippen molar-refractivity contribution in [1.29, 1.82) is 0 Å². The molecule has 0 saturated carbocycles. The molecular weight excluding hydrogens is 311 g/mol. The van der Waals surface area contributed by atoms with E-state index in [1.165, 1.54) is 13.0 Å². The highest BCUT2D eigenvalue weighted by Gasteiger charge is 2.21. The number of halogens is 1. The summed E-state index contributed by atoms with van der Waals surface area (Å²) in [7, 11) is 0. The molecule has 0 unspecified atom stereocenters. The lowest BCUT2D eigenvalue weighted by molar-refractivity contribution is -0.141. The number of carbonyl (C=O) groups is 2. The van der Waals surface area contributed by atoms with E-state index in [-0.39, 0.29) is 23.5 Å². The number of carboxylic acid groups (broad SMARTS) is 1. The Balaban J connectivity index is 2.08. The maximum Gasteiger partial charge on any atom is 0.306 e. The van der Waals surface area contributed by atoms with E-state index in [4.69, 9.17) is 9.52 Å². The standard InChI is InChI=1S/C15H11FO5S/c1-6(15(19)20)2-9(17)12-3-7-8-4-13(16)21-14(8)10(18)5-11(7)22-12/h3-6,18H,2H2,1H3,(H,19,20)/t6-/m0/s1. The van der Waals surface area contributed by atoms with E-state index in [1.54, 1.807) is 6.07 Å². The van der Waals surface area contributed by atoms with Gasteiger partial charge in [0.1, 0.15) is 0 Å². The average molecular weight is 322 g/mol. The largest absolute Gasteiger partial charge is 0.504 e. The van der Waals surface area contributed by atoms with Crippen molar-refractivity contribution < 1.29 is 28.6 Å². The molecule has 0 aliphatic heterocycles. The average Bonchev–Trinajstić information content (AvgIpc) is 3.01. The molecule has 1 aromatic carbocycles. The second-order valence-electron chi connectivity index (χ2n) is 5.08. The van der Waals surface area contributed by atoms with Gasteiger partial charge in [-0.3, -0.25) is 9.59 Å². The van der Waals surface area contributed by atoms with Gasteiger partial charge in [0.05, 0.1) is 10.8 Å². The minimum absolute atomic E-state index is 0.0284. The van der Waals surface area contributed by atoms with Gasteiger partial charge in [0.25, 0.3) is 6.01 Å². The van der Waals surface area contributed by atoms with Crippen molar-refractivity contribution in [1.82, 2.24) is 0 Å². The minimum atomic E-state index is -1.04. The number of aromatic hydroxyl groups is 1. The minimum Gasteiger partial charge on any atom is -0.504 e. The molecule has 0 radical (unpaired) electrons. The lowest BCUT2D eigenvalue weighted by atomic mass is 10.0. The molecule has 0 spiro atoms.